The molecule has 0 aliphatic carbocycles. The Labute approximate surface area is 180 Å². The highest BCUT2D eigenvalue weighted by Gasteiger charge is 2.47. The van der Waals surface area contributed by atoms with Crippen LogP contribution in [-0.2, 0) is 19.1 Å². The van der Waals surface area contributed by atoms with Gasteiger partial charge in [-0.3, -0.25) is 14.5 Å². The number of nitrogens with zero attached hydrogens (tertiary/aromatic N) is 3. The van der Waals surface area contributed by atoms with Gasteiger partial charge in [-0.1, -0.05) is 24.3 Å². The molecule has 162 valence electrons. The largest absolute Gasteiger partial charge is 0.497 e. The average molecular weight is 423 g/mol. The second-order valence-electron chi connectivity index (χ2n) is 7.20. The number of benzene rings is 2. The van der Waals surface area contributed by atoms with Gasteiger partial charge < -0.3 is 18.8 Å². The fourth-order valence-electron chi connectivity index (χ4n) is 4.04. The van der Waals surface area contributed by atoms with E-state index >= 15 is 0 Å². The Morgan fingerprint density at radius 2 is 1.84 bits per heavy atom. The number of imidazole rings is 1. The van der Waals surface area contributed by atoms with E-state index in [2.05, 4.69) is 0 Å². The van der Waals surface area contributed by atoms with Crippen LogP contribution in [0.3, 0.4) is 0 Å². The summed E-state index contributed by atoms with van der Waals surface area (Å²) >= 11 is 0. The van der Waals surface area contributed by atoms with Gasteiger partial charge in [0.25, 0.3) is 0 Å². The molecule has 31 heavy (non-hydrogen) atoms. The van der Waals surface area contributed by atoms with Gasteiger partial charge in [0.2, 0.25) is 11.9 Å². The summed E-state index contributed by atoms with van der Waals surface area (Å²) in [6.45, 7) is 2.52. The number of rotatable bonds is 7. The summed E-state index contributed by atoms with van der Waals surface area (Å²) in [7, 11) is 3.16. The lowest BCUT2D eigenvalue weighted by molar-refractivity contribution is -0.153. The lowest BCUT2D eigenvalue weighted by Gasteiger charge is -2.37. The van der Waals surface area contributed by atoms with Crippen molar-refractivity contribution in [2.45, 2.75) is 13.0 Å². The first-order chi connectivity index (χ1) is 15.1. The summed E-state index contributed by atoms with van der Waals surface area (Å²) in [4.78, 5) is 32.9. The molecule has 0 saturated carbocycles. The van der Waals surface area contributed by atoms with Crippen LogP contribution < -0.4 is 9.64 Å². The van der Waals surface area contributed by atoms with Gasteiger partial charge >= 0.3 is 5.97 Å². The highest BCUT2D eigenvalue weighted by Crippen LogP contribution is 2.41. The summed E-state index contributed by atoms with van der Waals surface area (Å²) in [6, 6.07) is 14.4. The summed E-state index contributed by atoms with van der Waals surface area (Å²) < 4.78 is 17.8. The first-order valence-electron chi connectivity index (χ1n) is 10.2. The minimum absolute atomic E-state index is 0.188. The Hall–Kier alpha value is -3.39. The van der Waals surface area contributed by atoms with Gasteiger partial charge in [-0.25, -0.2) is 4.98 Å². The van der Waals surface area contributed by atoms with E-state index in [1.807, 2.05) is 53.1 Å². The van der Waals surface area contributed by atoms with Crippen molar-refractivity contribution in [3.63, 3.8) is 0 Å². The number of amides is 1. The smallest absolute Gasteiger partial charge is 0.321 e. The topological polar surface area (TPSA) is 82.9 Å². The summed E-state index contributed by atoms with van der Waals surface area (Å²) in [6.07, 6.45) is 0. The monoisotopic (exact) mass is 423 g/mol. The Morgan fingerprint density at radius 1 is 1.10 bits per heavy atom. The molecule has 0 bridgehead atoms. The molecule has 0 spiro atoms. The van der Waals surface area contributed by atoms with Crippen LogP contribution in [0.5, 0.6) is 5.75 Å². The third-order valence-electron chi connectivity index (χ3n) is 5.46. The number of methoxy groups -OCH3 is 2. The fourth-order valence-corrected chi connectivity index (χ4v) is 4.04. The Bertz CT molecular complexity index is 1090. The van der Waals surface area contributed by atoms with Gasteiger partial charge in [0.05, 0.1) is 43.9 Å². The highest BCUT2D eigenvalue weighted by molar-refractivity contribution is 6.08. The van der Waals surface area contributed by atoms with E-state index in [0.29, 0.717) is 18.3 Å². The van der Waals surface area contributed by atoms with Gasteiger partial charge in [-0.15, -0.1) is 0 Å². The maximum Gasteiger partial charge on any atom is 0.321 e. The van der Waals surface area contributed by atoms with Gasteiger partial charge in [-0.05, 0) is 36.8 Å². The van der Waals surface area contributed by atoms with E-state index in [4.69, 9.17) is 19.2 Å². The van der Waals surface area contributed by atoms with Crippen LogP contribution in [0.4, 0.5) is 5.95 Å². The number of ether oxygens (including phenoxy) is 3. The van der Waals surface area contributed by atoms with Gasteiger partial charge in [-0.2, -0.15) is 0 Å². The van der Waals surface area contributed by atoms with E-state index in [1.165, 1.54) is 4.90 Å². The summed E-state index contributed by atoms with van der Waals surface area (Å²) in [5.74, 6) is -0.769. The molecular formula is C23H25N3O5. The Kier molecular flexibility index (Phi) is 5.90. The second kappa shape index (κ2) is 8.77. The maximum absolute atomic E-state index is 13.6. The molecule has 1 aromatic heterocycles. The van der Waals surface area contributed by atoms with E-state index in [1.54, 1.807) is 21.1 Å². The normalized spacial score (nSPS) is 18.2. The van der Waals surface area contributed by atoms with Crippen molar-refractivity contribution >= 4 is 28.9 Å². The van der Waals surface area contributed by atoms with Crippen molar-refractivity contribution in [2.75, 3.05) is 38.9 Å². The minimum Gasteiger partial charge on any atom is -0.497 e. The maximum atomic E-state index is 13.6. The van der Waals surface area contributed by atoms with E-state index in [-0.39, 0.29) is 19.1 Å². The van der Waals surface area contributed by atoms with Gasteiger partial charge in [0.1, 0.15) is 5.75 Å². The zero-order valence-electron chi connectivity index (χ0n) is 17.8. The number of hydrogen-bond donors (Lipinski definition) is 0. The van der Waals surface area contributed by atoms with Crippen molar-refractivity contribution in [2.24, 2.45) is 5.92 Å². The third kappa shape index (κ3) is 3.63. The number of anilines is 1. The van der Waals surface area contributed by atoms with Crippen LogP contribution >= 0.6 is 0 Å². The molecule has 1 aliphatic rings. The molecule has 0 unspecified atom stereocenters. The number of aromatic nitrogens is 2. The van der Waals surface area contributed by atoms with Crippen molar-refractivity contribution in [1.29, 1.82) is 0 Å². The van der Waals surface area contributed by atoms with Crippen LogP contribution in [-0.4, -0.2) is 55.4 Å². The number of esters is 1. The number of carbonyl (C=O) groups is 2. The number of carbonyl (C=O) groups excluding carboxylic acids is 2. The first kappa shape index (κ1) is 20.9. The molecule has 2 aromatic carbocycles. The van der Waals surface area contributed by atoms with Crippen LogP contribution in [0.2, 0.25) is 0 Å². The lowest BCUT2D eigenvalue weighted by atomic mass is 9.89. The molecule has 0 N–H and O–H groups in total. The summed E-state index contributed by atoms with van der Waals surface area (Å²) in [5, 5.41) is 0. The Morgan fingerprint density at radius 3 is 2.52 bits per heavy atom. The number of hydrogen-bond acceptors (Lipinski definition) is 6. The van der Waals surface area contributed by atoms with Crippen LogP contribution in [0.25, 0.3) is 11.0 Å². The fraction of sp³-hybridized carbons (Fsp3) is 0.348. The standard InChI is InChI=1S/C23H25N3O5/c1-4-31-22(28)19-20(15-9-11-16(30-3)12-10-15)26-18-8-6-5-7-17(18)24-23(26)25(21(19)27)13-14-29-2/h5-12,19-20H,4,13-14H2,1-3H3/t19-,20-/m1/s1. The van der Waals surface area contributed by atoms with E-state index in [9.17, 15) is 9.59 Å². The third-order valence-corrected chi connectivity index (χ3v) is 5.46. The molecule has 8 heteroatoms. The zero-order chi connectivity index (χ0) is 22.0. The quantitative estimate of drug-likeness (QED) is 0.429. The molecule has 2 atom stereocenters. The molecule has 0 fully saturated rings. The molecule has 2 heterocycles. The summed E-state index contributed by atoms with van der Waals surface area (Å²) in [5.41, 5.74) is 2.38. The highest BCUT2D eigenvalue weighted by atomic mass is 16.5. The molecule has 0 saturated heterocycles. The van der Waals surface area contributed by atoms with E-state index < -0.39 is 17.9 Å². The van der Waals surface area contributed by atoms with Crippen LogP contribution in [0.15, 0.2) is 48.5 Å². The molecule has 8 nitrogen and oxygen atoms in total. The number of para-hydroxylation sites is 2. The molecule has 1 amide bonds. The molecule has 1 aliphatic heterocycles. The Balaban J connectivity index is 1.95. The lowest BCUT2D eigenvalue weighted by Crippen LogP contribution is -2.51. The van der Waals surface area contributed by atoms with Crippen molar-refractivity contribution in [1.82, 2.24) is 9.55 Å². The van der Waals surface area contributed by atoms with E-state index in [0.717, 1.165) is 16.6 Å². The van der Waals surface area contributed by atoms with Crippen LogP contribution in [0.1, 0.15) is 18.5 Å². The number of fused-ring (bicyclic) bond motifs is 3. The van der Waals surface area contributed by atoms with Crippen molar-refractivity contribution < 1.29 is 23.8 Å². The van der Waals surface area contributed by atoms with Crippen molar-refractivity contribution in [3.8, 4) is 5.75 Å². The zero-order valence-corrected chi connectivity index (χ0v) is 17.8. The second-order valence-corrected chi connectivity index (χ2v) is 7.20. The van der Waals surface area contributed by atoms with Gasteiger partial charge in [0.15, 0.2) is 5.92 Å². The van der Waals surface area contributed by atoms with Crippen molar-refractivity contribution in [3.05, 3.63) is 54.1 Å². The molecule has 0 radical (unpaired) electrons. The molecular weight excluding hydrogens is 398 g/mol. The van der Waals surface area contributed by atoms with Gasteiger partial charge in [0, 0.05) is 7.11 Å². The molecule has 4 rings (SSSR count). The SMILES string of the molecule is CCOC(=O)[C@H]1C(=O)N(CCOC)c2nc3ccccc3n2[C@@H]1c1ccc(OC)cc1. The minimum atomic E-state index is -1.05. The first-order valence-corrected chi connectivity index (χ1v) is 10.2. The predicted octanol–water partition coefficient (Wildman–Crippen LogP) is 2.81. The predicted molar refractivity (Wildman–Crippen MR) is 115 cm³/mol. The van der Waals surface area contributed by atoms with Crippen LogP contribution in [0, 0.1) is 5.92 Å². The average Bonchev–Trinajstić information content (AvgIpc) is 3.17. The molecule has 3 aromatic rings.